The van der Waals surface area contributed by atoms with Crippen molar-refractivity contribution in [1.29, 1.82) is 0 Å². The van der Waals surface area contributed by atoms with Crippen molar-refractivity contribution >= 4 is 11.9 Å². The average molecular weight is 285 g/mol. The smallest absolute Gasteiger partial charge is 0.305 e. The highest BCUT2D eigenvalue weighted by Gasteiger charge is 2.32. The zero-order valence-corrected chi connectivity index (χ0v) is 12.6. The second-order valence-corrected chi connectivity index (χ2v) is 6.10. The van der Waals surface area contributed by atoms with Crippen molar-refractivity contribution in [1.82, 2.24) is 5.32 Å². The average Bonchev–Trinajstić information content (AvgIpc) is 2.26. The van der Waals surface area contributed by atoms with Gasteiger partial charge in [0.1, 0.15) is 0 Å². The van der Waals surface area contributed by atoms with Crippen LogP contribution < -0.4 is 5.32 Å². The standard InChI is InChI=1S/C15H27NO4/c1-15(11-20-2,10-13(17)18)16-14(19)12-8-6-4-3-5-7-9-12/h12H,3-11H2,1-2H3,(H,16,19)(H,17,18). The Bertz CT molecular complexity index is 324. The molecule has 1 atom stereocenters. The number of carbonyl (C=O) groups is 2. The first-order valence-electron chi connectivity index (χ1n) is 7.49. The van der Waals surface area contributed by atoms with E-state index in [-0.39, 0.29) is 24.9 Å². The van der Waals surface area contributed by atoms with E-state index in [9.17, 15) is 9.59 Å². The van der Waals surface area contributed by atoms with Crippen molar-refractivity contribution in [2.24, 2.45) is 5.92 Å². The third-order valence-corrected chi connectivity index (χ3v) is 3.91. The van der Waals surface area contributed by atoms with E-state index in [0.717, 1.165) is 25.7 Å². The molecule has 5 nitrogen and oxygen atoms in total. The van der Waals surface area contributed by atoms with Gasteiger partial charge in [-0.3, -0.25) is 9.59 Å². The maximum atomic E-state index is 12.4. The molecule has 1 fully saturated rings. The number of carboxylic acids is 1. The van der Waals surface area contributed by atoms with Crippen LogP contribution in [0.1, 0.15) is 58.3 Å². The number of aliphatic carboxylic acids is 1. The van der Waals surface area contributed by atoms with Gasteiger partial charge in [-0.05, 0) is 19.8 Å². The van der Waals surface area contributed by atoms with Gasteiger partial charge in [-0.15, -0.1) is 0 Å². The fraction of sp³-hybridized carbons (Fsp3) is 0.867. The third kappa shape index (κ3) is 5.90. The number of nitrogens with one attached hydrogen (secondary N) is 1. The molecular weight excluding hydrogens is 258 g/mol. The fourth-order valence-electron chi connectivity index (χ4n) is 2.90. The summed E-state index contributed by atoms with van der Waals surface area (Å²) in [6.07, 6.45) is 7.48. The van der Waals surface area contributed by atoms with E-state index in [0.29, 0.717) is 0 Å². The van der Waals surface area contributed by atoms with Crippen molar-refractivity contribution in [2.75, 3.05) is 13.7 Å². The molecule has 0 aromatic heterocycles. The summed E-state index contributed by atoms with van der Waals surface area (Å²) >= 11 is 0. The van der Waals surface area contributed by atoms with Gasteiger partial charge in [-0.1, -0.05) is 32.1 Å². The van der Waals surface area contributed by atoms with Crippen LogP contribution in [-0.4, -0.2) is 36.2 Å². The second-order valence-electron chi connectivity index (χ2n) is 6.10. The Morgan fingerprint density at radius 1 is 1.20 bits per heavy atom. The van der Waals surface area contributed by atoms with Gasteiger partial charge in [0.15, 0.2) is 0 Å². The van der Waals surface area contributed by atoms with Crippen molar-refractivity contribution < 1.29 is 19.4 Å². The quantitative estimate of drug-likeness (QED) is 0.785. The summed E-state index contributed by atoms with van der Waals surface area (Å²) in [6.45, 7) is 1.93. The molecule has 0 aliphatic heterocycles. The highest BCUT2D eigenvalue weighted by atomic mass is 16.5. The van der Waals surface area contributed by atoms with E-state index in [1.807, 2.05) is 0 Å². The van der Waals surface area contributed by atoms with Crippen LogP contribution >= 0.6 is 0 Å². The molecule has 0 bridgehead atoms. The van der Waals surface area contributed by atoms with E-state index in [1.54, 1.807) is 6.92 Å². The summed E-state index contributed by atoms with van der Waals surface area (Å²) in [4.78, 5) is 23.3. The zero-order valence-electron chi connectivity index (χ0n) is 12.6. The molecule has 1 amide bonds. The number of hydrogen-bond acceptors (Lipinski definition) is 3. The summed E-state index contributed by atoms with van der Waals surface area (Å²) < 4.78 is 5.06. The lowest BCUT2D eigenvalue weighted by Gasteiger charge is -2.31. The predicted octanol–water partition coefficient (Wildman–Crippen LogP) is 2.34. The second kappa shape index (κ2) is 8.25. The van der Waals surface area contributed by atoms with E-state index >= 15 is 0 Å². The molecule has 1 rings (SSSR count). The lowest BCUT2D eigenvalue weighted by atomic mass is 9.89. The molecule has 0 spiro atoms. The van der Waals surface area contributed by atoms with Gasteiger partial charge in [-0.25, -0.2) is 0 Å². The lowest BCUT2D eigenvalue weighted by molar-refractivity contribution is -0.140. The number of carbonyl (C=O) groups excluding carboxylic acids is 1. The molecule has 5 heteroatoms. The van der Waals surface area contributed by atoms with Crippen LogP contribution in [0.2, 0.25) is 0 Å². The summed E-state index contributed by atoms with van der Waals surface area (Å²) in [5, 5.41) is 11.9. The molecule has 20 heavy (non-hydrogen) atoms. The monoisotopic (exact) mass is 285 g/mol. The number of rotatable bonds is 6. The first-order valence-corrected chi connectivity index (χ1v) is 7.49. The van der Waals surface area contributed by atoms with Crippen LogP contribution in [0.4, 0.5) is 0 Å². The summed E-state index contributed by atoms with van der Waals surface area (Å²) in [6, 6.07) is 0. The Hall–Kier alpha value is -1.10. The Balaban J connectivity index is 2.61. The topological polar surface area (TPSA) is 75.6 Å². The minimum atomic E-state index is -0.928. The Morgan fingerprint density at radius 3 is 2.25 bits per heavy atom. The fourth-order valence-corrected chi connectivity index (χ4v) is 2.90. The van der Waals surface area contributed by atoms with Crippen LogP contribution in [0.5, 0.6) is 0 Å². The molecule has 1 aliphatic rings. The Morgan fingerprint density at radius 2 is 1.75 bits per heavy atom. The number of carboxylic acid groups (broad SMARTS) is 1. The Kier molecular flexibility index (Phi) is 6.99. The number of hydrogen-bond donors (Lipinski definition) is 2. The highest BCUT2D eigenvalue weighted by Crippen LogP contribution is 2.23. The Labute approximate surface area is 121 Å². The van der Waals surface area contributed by atoms with Crippen LogP contribution in [0.15, 0.2) is 0 Å². The SMILES string of the molecule is COCC(C)(CC(=O)O)NC(=O)C1CCCCCCC1. The largest absolute Gasteiger partial charge is 0.481 e. The van der Waals surface area contributed by atoms with Gasteiger partial charge in [0.25, 0.3) is 0 Å². The molecular formula is C15H27NO4. The molecule has 0 aromatic rings. The molecule has 1 saturated carbocycles. The van der Waals surface area contributed by atoms with Crippen molar-refractivity contribution in [3.63, 3.8) is 0 Å². The van der Waals surface area contributed by atoms with Gasteiger partial charge < -0.3 is 15.2 Å². The zero-order chi connectivity index (χ0) is 15.0. The van der Waals surface area contributed by atoms with Gasteiger partial charge in [-0.2, -0.15) is 0 Å². The molecule has 0 heterocycles. The lowest BCUT2D eigenvalue weighted by Crippen LogP contribution is -2.52. The van der Waals surface area contributed by atoms with E-state index < -0.39 is 11.5 Å². The summed E-state index contributed by atoms with van der Waals surface area (Å²) in [7, 11) is 1.52. The predicted molar refractivity (Wildman–Crippen MR) is 76.5 cm³/mol. The summed E-state index contributed by atoms with van der Waals surface area (Å²) in [5.41, 5.74) is -0.833. The summed E-state index contributed by atoms with van der Waals surface area (Å²) in [5.74, 6) is -0.935. The van der Waals surface area contributed by atoms with Crippen LogP contribution in [0.25, 0.3) is 0 Å². The first-order chi connectivity index (χ1) is 9.47. The maximum absolute atomic E-state index is 12.4. The van der Waals surface area contributed by atoms with E-state index in [4.69, 9.17) is 9.84 Å². The van der Waals surface area contributed by atoms with Crippen molar-refractivity contribution in [2.45, 2.75) is 63.8 Å². The van der Waals surface area contributed by atoms with E-state index in [2.05, 4.69) is 5.32 Å². The number of amides is 1. The maximum Gasteiger partial charge on any atom is 0.305 e. The molecule has 0 radical (unpaired) electrons. The van der Waals surface area contributed by atoms with Gasteiger partial charge in [0.05, 0.1) is 18.6 Å². The van der Waals surface area contributed by atoms with Gasteiger partial charge >= 0.3 is 5.97 Å². The molecule has 0 aromatic carbocycles. The molecule has 1 unspecified atom stereocenters. The van der Waals surface area contributed by atoms with Crippen molar-refractivity contribution in [3.8, 4) is 0 Å². The highest BCUT2D eigenvalue weighted by molar-refractivity contribution is 5.80. The first kappa shape index (κ1) is 17.0. The van der Waals surface area contributed by atoms with Crippen LogP contribution in [-0.2, 0) is 14.3 Å². The molecule has 2 N–H and O–H groups in total. The molecule has 116 valence electrons. The molecule has 0 saturated heterocycles. The molecule has 1 aliphatic carbocycles. The minimum absolute atomic E-state index is 0.0141. The number of methoxy groups -OCH3 is 1. The third-order valence-electron chi connectivity index (χ3n) is 3.91. The normalized spacial score (nSPS) is 20.5. The minimum Gasteiger partial charge on any atom is -0.481 e. The van der Waals surface area contributed by atoms with Gasteiger partial charge in [0, 0.05) is 13.0 Å². The van der Waals surface area contributed by atoms with E-state index in [1.165, 1.54) is 26.4 Å². The van der Waals surface area contributed by atoms with Crippen molar-refractivity contribution in [3.05, 3.63) is 0 Å². The van der Waals surface area contributed by atoms with Gasteiger partial charge in [0.2, 0.25) is 5.91 Å². The number of ether oxygens (including phenoxy) is 1. The van der Waals surface area contributed by atoms with Crippen LogP contribution in [0.3, 0.4) is 0 Å². The van der Waals surface area contributed by atoms with Crippen LogP contribution in [0, 0.1) is 5.92 Å².